The lowest BCUT2D eigenvalue weighted by atomic mass is 10.2. The normalized spacial score (nSPS) is 19.3. The molecule has 0 saturated carbocycles. The molecule has 7 nitrogen and oxygen atoms in total. The van der Waals surface area contributed by atoms with Crippen molar-refractivity contribution in [3.05, 3.63) is 41.8 Å². The molecule has 0 aliphatic carbocycles. The third-order valence-electron chi connectivity index (χ3n) is 3.45. The van der Waals surface area contributed by atoms with Gasteiger partial charge in [0.25, 0.3) is 11.7 Å². The van der Waals surface area contributed by atoms with E-state index in [4.69, 9.17) is 10.3 Å². The molecule has 1 aliphatic heterocycles. The monoisotopic (exact) mass is 273 g/mol. The van der Waals surface area contributed by atoms with Crippen molar-refractivity contribution in [2.75, 3.05) is 6.54 Å². The molecule has 104 valence electrons. The van der Waals surface area contributed by atoms with Gasteiger partial charge in [0, 0.05) is 18.9 Å². The predicted molar refractivity (Wildman–Crippen MR) is 69.4 cm³/mol. The Hall–Kier alpha value is -2.28. The lowest BCUT2D eigenvalue weighted by Gasteiger charge is -2.21. The van der Waals surface area contributed by atoms with Gasteiger partial charge < -0.3 is 10.3 Å². The third kappa shape index (κ3) is 2.53. The molecule has 0 aromatic carbocycles. The highest BCUT2D eigenvalue weighted by Gasteiger charge is 2.31. The lowest BCUT2D eigenvalue weighted by molar-refractivity contribution is 0.0987. The topological polar surface area (TPSA) is 98.1 Å². The molecule has 1 atom stereocenters. The zero-order chi connectivity index (χ0) is 13.9. The van der Waals surface area contributed by atoms with Crippen LogP contribution in [0, 0.1) is 0 Å². The van der Waals surface area contributed by atoms with E-state index in [9.17, 15) is 4.79 Å². The van der Waals surface area contributed by atoms with Crippen molar-refractivity contribution >= 4 is 5.91 Å². The van der Waals surface area contributed by atoms with Gasteiger partial charge in [-0.25, -0.2) is 0 Å². The molecule has 1 saturated heterocycles. The van der Waals surface area contributed by atoms with E-state index in [0.29, 0.717) is 5.89 Å². The summed E-state index contributed by atoms with van der Waals surface area (Å²) in [6, 6.07) is 4.01. The first kappa shape index (κ1) is 12.7. The van der Waals surface area contributed by atoms with Crippen LogP contribution in [0.25, 0.3) is 0 Å². The minimum Gasteiger partial charge on any atom is -0.363 e. The summed E-state index contributed by atoms with van der Waals surface area (Å²) in [7, 11) is 0. The van der Waals surface area contributed by atoms with E-state index >= 15 is 0 Å². The number of primary amides is 1. The van der Waals surface area contributed by atoms with Gasteiger partial charge in [0.2, 0.25) is 5.89 Å². The molecule has 7 heteroatoms. The summed E-state index contributed by atoms with van der Waals surface area (Å²) in [6.45, 7) is 1.75. The summed E-state index contributed by atoms with van der Waals surface area (Å²) in [5.74, 6) is -0.264. The molecule has 2 N–H and O–H groups in total. The number of hydrogen-bond acceptors (Lipinski definition) is 6. The van der Waals surface area contributed by atoms with Crippen molar-refractivity contribution in [1.29, 1.82) is 0 Å². The second-order valence-corrected chi connectivity index (χ2v) is 4.80. The SMILES string of the molecule is NC(=O)c1noc([C@@H]2CCCN2Cc2ccncc2)n1. The Morgan fingerprint density at radius 3 is 2.95 bits per heavy atom. The molecule has 2 aromatic heterocycles. The molecule has 0 unspecified atom stereocenters. The Labute approximate surface area is 115 Å². The van der Waals surface area contributed by atoms with E-state index < -0.39 is 5.91 Å². The minimum atomic E-state index is -0.668. The molecule has 0 bridgehead atoms. The molecule has 3 rings (SSSR count). The molecular weight excluding hydrogens is 258 g/mol. The molecule has 1 fully saturated rings. The van der Waals surface area contributed by atoms with Crippen molar-refractivity contribution in [1.82, 2.24) is 20.0 Å². The van der Waals surface area contributed by atoms with Crippen LogP contribution in [0.1, 0.15) is 41.0 Å². The molecule has 0 radical (unpaired) electrons. The number of aromatic nitrogens is 3. The van der Waals surface area contributed by atoms with Gasteiger partial charge in [-0.1, -0.05) is 5.16 Å². The number of likely N-dealkylation sites (tertiary alicyclic amines) is 1. The average molecular weight is 273 g/mol. The Kier molecular flexibility index (Phi) is 3.42. The van der Waals surface area contributed by atoms with Crippen LogP contribution in [0.2, 0.25) is 0 Å². The predicted octanol–water partition coefficient (Wildman–Crippen LogP) is 0.901. The molecule has 3 heterocycles. The summed E-state index contributed by atoms with van der Waals surface area (Å²) in [5.41, 5.74) is 6.32. The van der Waals surface area contributed by atoms with Crippen molar-refractivity contribution in [2.24, 2.45) is 5.73 Å². The van der Waals surface area contributed by atoms with Crippen molar-refractivity contribution < 1.29 is 9.32 Å². The van der Waals surface area contributed by atoms with Crippen molar-refractivity contribution in [3.8, 4) is 0 Å². The highest BCUT2D eigenvalue weighted by molar-refractivity contribution is 5.88. The summed E-state index contributed by atoms with van der Waals surface area (Å²) < 4.78 is 5.16. The number of nitrogens with zero attached hydrogens (tertiary/aromatic N) is 4. The van der Waals surface area contributed by atoms with Gasteiger partial charge in [-0.15, -0.1) is 0 Å². The first-order valence-electron chi connectivity index (χ1n) is 6.50. The molecule has 0 spiro atoms. The number of nitrogens with two attached hydrogens (primary N) is 1. The van der Waals surface area contributed by atoms with Crippen molar-refractivity contribution in [2.45, 2.75) is 25.4 Å². The first-order valence-corrected chi connectivity index (χ1v) is 6.50. The molecule has 1 amide bonds. The van der Waals surface area contributed by atoms with Crippen LogP contribution in [0.15, 0.2) is 29.0 Å². The summed E-state index contributed by atoms with van der Waals surface area (Å²) in [4.78, 5) is 21.4. The number of carbonyl (C=O) groups excluding carboxylic acids is 1. The Balaban J connectivity index is 1.76. The summed E-state index contributed by atoms with van der Waals surface area (Å²) >= 11 is 0. The zero-order valence-corrected chi connectivity index (χ0v) is 10.9. The smallest absolute Gasteiger partial charge is 0.290 e. The molecule has 2 aromatic rings. The standard InChI is InChI=1S/C13H15N5O2/c14-11(19)12-16-13(20-17-12)10-2-1-7-18(10)8-9-3-5-15-6-4-9/h3-6,10H,1-2,7-8H2,(H2,14,19)/t10-/m0/s1. The van der Waals surface area contributed by atoms with Gasteiger partial charge in [0.1, 0.15) is 0 Å². The number of rotatable bonds is 4. The van der Waals surface area contributed by atoms with E-state index in [1.54, 1.807) is 12.4 Å². The zero-order valence-electron chi connectivity index (χ0n) is 10.9. The van der Waals surface area contributed by atoms with Crippen LogP contribution in [-0.2, 0) is 6.54 Å². The van der Waals surface area contributed by atoms with Crippen LogP contribution in [0.3, 0.4) is 0 Å². The van der Waals surface area contributed by atoms with E-state index in [1.165, 1.54) is 5.56 Å². The molecule has 1 aliphatic rings. The maximum atomic E-state index is 11.0. The largest absolute Gasteiger partial charge is 0.363 e. The molecular formula is C13H15N5O2. The van der Waals surface area contributed by atoms with Crippen LogP contribution in [0.4, 0.5) is 0 Å². The second-order valence-electron chi connectivity index (χ2n) is 4.80. The fourth-order valence-corrected chi connectivity index (χ4v) is 2.49. The molecule has 20 heavy (non-hydrogen) atoms. The highest BCUT2D eigenvalue weighted by atomic mass is 16.5. The Morgan fingerprint density at radius 1 is 1.45 bits per heavy atom. The van der Waals surface area contributed by atoms with Crippen LogP contribution >= 0.6 is 0 Å². The quantitative estimate of drug-likeness (QED) is 0.888. The fourth-order valence-electron chi connectivity index (χ4n) is 2.49. The van der Waals surface area contributed by atoms with Gasteiger partial charge in [-0.3, -0.25) is 14.7 Å². The number of hydrogen-bond donors (Lipinski definition) is 1. The Morgan fingerprint density at radius 2 is 2.25 bits per heavy atom. The summed E-state index contributed by atoms with van der Waals surface area (Å²) in [6.07, 6.45) is 5.55. The lowest BCUT2D eigenvalue weighted by Crippen LogP contribution is -2.23. The maximum Gasteiger partial charge on any atom is 0.290 e. The number of amides is 1. The Bertz CT molecular complexity index is 598. The van der Waals surface area contributed by atoms with Crippen LogP contribution in [-0.4, -0.2) is 32.5 Å². The first-order chi connectivity index (χ1) is 9.74. The van der Waals surface area contributed by atoms with Crippen LogP contribution in [0.5, 0.6) is 0 Å². The summed E-state index contributed by atoms with van der Waals surface area (Å²) in [5, 5.41) is 3.60. The van der Waals surface area contributed by atoms with Gasteiger partial charge in [0.15, 0.2) is 0 Å². The van der Waals surface area contributed by atoms with Crippen molar-refractivity contribution in [3.63, 3.8) is 0 Å². The van der Waals surface area contributed by atoms with E-state index in [1.807, 2.05) is 12.1 Å². The van der Waals surface area contributed by atoms with Gasteiger partial charge in [-0.05, 0) is 37.1 Å². The van der Waals surface area contributed by atoms with Crippen LogP contribution < -0.4 is 5.73 Å². The van der Waals surface area contributed by atoms with E-state index in [0.717, 1.165) is 25.9 Å². The highest BCUT2D eigenvalue weighted by Crippen LogP contribution is 2.31. The van der Waals surface area contributed by atoms with Gasteiger partial charge in [0.05, 0.1) is 6.04 Å². The third-order valence-corrected chi connectivity index (χ3v) is 3.45. The second kappa shape index (κ2) is 5.38. The van der Waals surface area contributed by atoms with E-state index in [-0.39, 0.29) is 11.9 Å². The van der Waals surface area contributed by atoms with E-state index in [2.05, 4.69) is 20.0 Å². The average Bonchev–Trinajstić information content (AvgIpc) is 3.08. The number of pyridine rings is 1. The van der Waals surface area contributed by atoms with Gasteiger partial charge in [-0.2, -0.15) is 4.98 Å². The number of carbonyl (C=O) groups is 1. The fraction of sp³-hybridized carbons (Fsp3) is 0.385. The maximum absolute atomic E-state index is 11.0. The minimum absolute atomic E-state index is 0.0452. The van der Waals surface area contributed by atoms with Gasteiger partial charge >= 0.3 is 0 Å².